The molecule has 0 saturated carbocycles. The van der Waals surface area contributed by atoms with Crippen molar-refractivity contribution in [1.29, 1.82) is 0 Å². The molecule has 0 bridgehead atoms. The molecule has 1 atom stereocenters. The summed E-state index contributed by atoms with van der Waals surface area (Å²) in [4.78, 5) is 41.3. The number of alkyl carbamates (subject to hydrolysis) is 1. The first-order valence-electron chi connectivity index (χ1n) is 14.4. The van der Waals surface area contributed by atoms with E-state index < -0.39 is 23.6 Å². The van der Waals surface area contributed by atoms with Crippen LogP contribution >= 0.6 is 0 Å². The predicted molar refractivity (Wildman–Crippen MR) is 163 cm³/mol. The third-order valence-corrected chi connectivity index (χ3v) is 6.64. The van der Waals surface area contributed by atoms with E-state index in [1.54, 1.807) is 32.9 Å². The standard InChI is InChI=1S/C33H43N3O5/c1-5-6-7-8-9-12-21-36(29(38)23-34-32(40)41-33(2,3)4)30(25-16-19-28(37)20-17-25)31(39)35-27-18-15-24-13-10-11-14-26(24)22-27/h10-11,13-20,22,30,37H,5-9,12,21,23H2,1-4H3,(H,34,40)(H,35,39). The summed E-state index contributed by atoms with van der Waals surface area (Å²) in [5, 5.41) is 17.5. The average Bonchev–Trinajstić information content (AvgIpc) is 2.92. The monoisotopic (exact) mass is 561 g/mol. The normalized spacial score (nSPS) is 12.0. The first-order valence-corrected chi connectivity index (χ1v) is 14.4. The summed E-state index contributed by atoms with van der Waals surface area (Å²) in [5.41, 5.74) is 0.452. The van der Waals surface area contributed by atoms with Crippen LogP contribution in [0.15, 0.2) is 66.7 Å². The molecule has 220 valence electrons. The number of phenols is 1. The molecule has 8 nitrogen and oxygen atoms in total. The van der Waals surface area contributed by atoms with Gasteiger partial charge in [0.25, 0.3) is 5.91 Å². The Kier molecular flexibility index (Phi) is 11.6. The molecule has 0 radical (unpaired) electrons. The predicted octanol–water partition coefficient (Wildman–Crippen LogP) is 6.94. The Labute approximate surface area is 243 Å². The highest BCUT2D eigenvalue weighted by Gasteiger charge is 2.32. The van der Waals surface area contributed by atoms with Crippen LogP contribution in [-0.4, -0.2) is 46.6 Å². The Balaban J connectivity index is 1.87. The maximum atomic E-state index is 13.9. The SMILES string of the molecule is CCCCCCCCN(C(=O)CNC(=O)OC(C)(C)C)C(C(=O)Nc1ccc2ccccc2c1)c1ccc(O)cc1. The number of nitrogens with one attached hydrogen (secondary N) is 2. The Morgan fingerprint density at radius 2 is 1.54 bits per heavy atom. The molecule has 0 fully saturated rings. The largest absolute Gasteiger partial charge is 0.508 e. The van der Waals surface area contributed by atoms with E-state index in [1.165, 1.54) is 17.0 Å². The van der Waals surface area contributed by atoms with Gasteiger partial charge in [0.1, 0.15) is 23.9 Å². The lowest BCUT2D eigenvalue weighted by atomic mass is 10.0. The van der Waals surface area contributed by atoms with E-state index in [0.717, 1.165) is 42.9 Å². The first kappa shape index (κ1) is 31.5. The summed E-state index contributed by atoms with van der Waals surface area (Å²) in [6.45, 7) is 7.42. The van der Waals surface area contributed by atoms with Gasteiger partial charge in [0.05, 0.1) is 0 Å². The van der Waals surface area contributed by atoms with E-state index in [-0.39, 0.29) is 18.2 Å². The number of ether oxygens (including phenoxy) is 1. The van der Waals surface area contributed by atoms with Crippen LogP contribution in [0.5, 0.6) is 5.75 Å². The molecule has 8 heteroatoms. The second-order valence-electron chi connectivity index (χ2n) is 11.3. The molecule has 3 aromatic rings. The highest BCUT2D eigenvalue weighted by molar-refractivity contribution is 6.00. The second-order valence-corrected chi connectivity index (χ2v) is 11.3. The van der Waals surface area contributed by atoms with Gasteiger partial charge in [-0.25, -0.2) is 4.79 Å². The number of unbranched alkanes of at least 4 members (excludes halogenated alkanes) is 5. The van der Waals surface area contributed by atoms with Crippen molar-refractivity contribution in [3.8, 4) is 5.75 Å². The van der Waals surface area contributed by atoms with Crippen molar-refractivity contribution in [3.63, 3.8) is 0 Å². The zero-order valence-electron chi connectivity index (χ0n) is 24.6. The lowest BCUT2D eigenvalue weighted by Crippen LogP contribution is -2.47. The zero-order valence-corrected chi connectivity index (χ0v) is 24.6. The van der Waals surface area contributed by atoms with Gasteiger partial charge in [-0.15, -0.1) is 0 Å². The van der Waals surface area contributed by atoms with E-state index in [1.807, 2.05) is 42.5 Å². The molecule has 3 amide bonds. The Hall–Kier alpha value is -4.07. The minimum absolute atomic E-state index is 0.0582. The maximum absolute atomic E-state index is 13.9. The molecule has 41 heavy (non-hydrogen) atoms. The number of hydrogen-bond acceptors (Lipinski definition) is 5. The van der Waals surface area contributed by atoms with Crippen LogP contribution in [0.1, 0.15) is 77.8 Å². The van der Waals surface area contributed by atoms with Gasteiger partial charge in [-0.1, -0.05) is 81.5 Å². The van der Waals surface area contributed by atoms with Crippen LogP contribution in [0.25, 0.3) is 10.8 Å². The zero-order chi connectivity index (χ0) is 29.8. The molecule has 0 aliphatic rings. The second kappa shape index (κ2) is 15.1. The molecule has 0 saturated heterocycles. The van der Waals surface area contributed by atoms with Crippen LogP contribution in [0, 0.1) is 0 Å². The number of amides is 3. The van der Waals surface area contributed by atoms with Gasteiger partial charge in [-0.2, -0.15) is 0 Å². The van der Waals surface area contributed by atoms with Crippen molar-refractivity contribution >= 4 is 34.4 Å². The highest BCUT2D eigenvalue weighted by atomic mass is 16.6. The maximum Gasteiger partial charge on any atom is 0.408 e. The Morgan fingerprint density at radius 3 is 2.22 bits per heavy atom. The number of rotatable bonds is 13. The van der Waals surface area contributed by atoms with E-state index in [4.69, 9.17) is 4.74 Å². The lowest BCUT2D eigenvalue weighted by molar-refractivity contribution is -0.138. The Morgan fingerprint density at radius 1 is 0.878 bits per heavy atom. The summed E-state index contributed by atoms with van der Waals surface area (Å²) in [5.74, 6) is -0.735. The van der Waals surface area contributed by atoms with Crippen molar-refractivity contribution in [2.75, 3.05) is 18.4 Å². The van der Waals surface area contributed by atoms with Crippen LogP contribution in [0.3, 0.4) is 0 Å². The molecule has 3 rings (SSSR count). The van der Waals surface area contributed by atoms with Crippen LogP contribution in [-0.2, 0) is 14.3 Å². The molecule has 0 aliphatic carbocycles. The molecular formula is C33H43N3O5. The van der Waals surface area contributed by atoms with E-state index in [2.05, 4.69) is 17.6 Å². The van der Waals surface area contributed by atoms with Gasteiger partial charge in [0.2, 0.25) is 5.91 Å². The average molecular weight is 562 g/mol. The van der Waals surface area contributed by atoms with Crippen LogP contribution in [0.4, 0.5) is 10.5 Å². The number of carbonyl (C=O) groups excluding carboxylic acids is 3. The first-order chi connectivity index (χ1) is 19.6. The number of carbonyl (C=O) groups is 3. The molecule has 0 spiro atoms. The highest BCUT2D eigenvalue weighted by Crippen LogP contribution is 2.27. The summed E-state index contributed by atoms with van der Waals surface area (Å²) < 4.78 is 5.30. The van der Waals surface area contributed by atoms with Gasteiger partial charge in [-0.05, 0) is 67.8 Å². The molecule has 1 unspecified atom stereocenters. The van der Waals surface area contributed by atoms with Crippen LogP contribution in [0.2, 0.25) is 0 Å². The molecular weight excluding hydrogens is 518 g/mol. The fraction of sp³-hybridized carbons (Fsp3) is 0.424. The summed E-state index contributed by atoms with van der Waals surface area (Å²) in [6.07, 6.45) is 5.38. The molecule has 3 N–H and O–H groups in total. The number of phenolic OH excluding ortho intramolecular Hbond substituents is 1. The third kappa shape index (κ3) is 10.1. The molecule has 0 aliphatic heterocycles. The molecule has 3 aromatic carbocycles. The van der Waals surface area contributed by atoms with Crippen molar-refractivity contribution in [1.82, 2.24) is 10.2 Å². The van der Waals surface area contributed by atoms with Gasteiger partial charge >= 0.3 is 6.09 Å². The van der Waals surface area contributed by atoms with E-state index in [0.29, 0.717) is 24.2 Å². The molecule has 0 aromatic heterocycles. The fourth-order valence-electron chi connectivity index (χ4n) is 4.63. The number of hydrogen-bond donors (Lipinski definition) is 3. The van der Waals surface area contributed by atoms with Crippen molar-refractivity contribution in [2.24, 2.45) is 0 Å². The van der Waals surface area contributed by atoms with Gasteiger partial charge in [0.15, 0.2) is 0 Å². The minimum Gasteiger partial charge on any atom is -0.508 e. The van der Waals surface area contributed by atoms with Gasteiger partial charge in [0, 0.05) is 12.2 Å². The van der Waals surface area contributed by atoms with E-state index >= 15 is 0 Å². The molecule has 0 heterocycles. The van der Waals surface area contributed by atoms with Crippen molar-refractivity contribution in [3.05, 3.63) is 72.3 Å². The number of fused-ring (bicyclic) bond motifs is 1. The minimum atomic E-state index is -0.981. The topological polar surface area (TPSA) is 108 Å². The van der Waals surface area contributed by atoms with Crippen molar-refractivity contribution < 1.29 is 24.2 Å². The number of anilines is 1. The summed E-state index contributed by atoms with van der Waals surface area (Å²) in [7, 11) is 0. The third-order valence-electron chi connectivity index (χ3n) is 6.64. The number of nitrogens with zero attached hydrogens (tertiary/aromatic N) is 1. The summed E-state index contributed by atoms with van der Waals surface area (Å²) >= 11 is 0. The fourth-order valence-corrected chi connectivity index (χ4v) is 4.63. The Bertz CT molecular complexity index is 1300. The smallest absolute Gasteiger partial charge is 0.408 e. The van der Waals surface area contributed by atoms with E-state index in [9.17, 15) is 19.5 Å². The lowest BCUT2D eigenvalue weighted by Gasteiger charge is -2.32. The number of benzene rings is 3. The quantitative estimate of drug-likeness (QED) is 0.196. The van der Waals surface area contributed by atoms with Crippen molar-refractivity contribution in [2.45, 2.75) is 77.9 Å². The number of aromatic hydroxyl groups is 1. The van der Waals surface area contributed by atoms with Crippen LogP contribution < -0.4 is 10.6 Å². The summed E-state index contributed by atoms with van der Waals surface area (Å²) in [6, 6.07) is 18.8. The van der Waals surface area contributed by atoms with Gasteiger partial charge < -0.3 is 25.4 Å². The van der Waals surface area contributed by atoms with Gasteiger partial charge in [-0.3, -0.25) is 9.59 Å².